The van der Waals surface area contributed by atoms with E-state index in [0.717, 1.165) is 12.8 Å². The molecule has 0 bridgehead atoms. The quantitative estimate of drug-likeness (QED) is 0.490. The van der Waals surface area contributed by atoms with Crippen LogP contribution in [0, 0.1) is 0 Å². The smallest absolute Gasteiger partial charge is 0.305 e. The van der Waals surface area contributed by atoms with E-state index in [4.69, 9.17) is 4.74 Å². The van der Waals surface area contributed by atoms with E-state index in [9.17, 15) is 9.90 Å². The average molecular weight is 188 g/mol. The molecule has 1 atom stereocenters. The van der Waals surface area contributed by atoms with Crippen molar-refractivity contribution in [3.05, 3.63) is 0 Å². The Balaban J connectivity index is 3.30. The third-order valence-electron chi connectivity index (χ3n) is 1.91. The van der Waals surface area contributed by atoms with Crippen molar-refractivity contribution in [2.75, 3.05) is 6.61 Å². The Bertz CT molecular complexity index is 134. The lowest BCUT2D eigenvalue weighted by Gasteiger charge is -2.07. The standard InChI is InChI=1S/C10H20O3/c1-3-5-8-13-10(12)7-6-9(11)4-2/h9,11H,3-8H2,1-2H3. The summed E-state index contributed by atoms with van der Waals surface area (Å²) < 4.78 is 4.93. The van der Waals surface area contributed by atoms with Crippen LogP contribution in [0.25, 0.3) is 0 Å². The van der Waals surface area contributed by atoms with Crippen molar-refractivity contribution in [1.29, 1.82) is 0 Å². The molecule has 1 unspecified atom stereocenters. The summed E-state index contributed by atoms with van der Waals surface area (Å²) in [5, 5.41) is 9.17. The first-order valence-electron chi connectivity index (χ1n) is 5.04. The maximum atomic E-state index is 11.0. The molecule has 1 N–H and O–H groups in total. The van der Waals surface area contributed by atoms with Gasteiger partial charge in [0.1, 0.15) is 0 Å². The number of rotatable bonds is 7. The summed E-state index contributed by atoms with van der Waals surface area (Å²) in [5.41, 5.74) is 0. The van der Waals surface area contributed by atoms with Crippen LogP contribution in [0.4, 0.5) is 0 Å². The maximum absolute atomic E-state index is 11.0. The van der Waals surface area contributed by atoms with Crippen LogP contribution < -0.4 is 0 Å². The van der Waals surface area contributed by atoms with Crippen molar-refractivity contribution < 1.29 is 14.6 Å². The number of aliphatic hydroxyl groups is 1. The van der Waals surface area contributed by atoms with Crippen molar-refractivity contribution in [1.82, 2.24) is 0 Å². The molecular formula is C10H20O3. The second-order valence-corrected chi connectivity index (χ2v) is 3.17. The second-order valence-electron chi connectivity index (χ2n) is 3.17. The van der Waals surface area contributed by atoms with Crippen LogP contribution in [0.1, 0.15) is 46.0 Å². The highest BCUT2D eigenvalue weighted by atomic mass is 16.5. The van der Waals surface area contributed by atoms with Gasteiger partial charge < -0.3 is 9.84 Å². The van der Waals surface area contributed by atoms with Crippen LogP contribution in [-0.2, 0) is 9.53 Å². The first-order valence-corrected chi connectivity index (χ1v) is 5.04. The zero-order valence-corrected chi connectivity index (χ0v) is 8.58. The fourth-order valence-corrected chi connectivity index (χ4v) is 0.891. The van der Waals surface area contributed by atoms with Crippen molar-refractivity contribution in [2.45, 2.75) is 52.1 Å². The fourth-order valence-electron chi connectivity index (χ4n) is 0.891. The molecule has 0 amide bonds. The van der Waals surface area contributed by atoms with Gasteiger partial charge in [0.15, 0.2) is 0 Å². The van der Waals surface area contributed by atoms with Gasteiger partial charge in [0.05, 0.1) is 12.7 Å². The highest BCUT2D eigenvalue weighted by Crippen LogP contribution is 2.02. The highest BCUT2D eigenvalue weighted by Gasteiger charge is 2.06. The number of carbonyl (C=O) groups excluding carboxylic acids is 1. The normalized spacial score (nSPS) is 12.5. The van der Waals surface area contributed by atoms with E-state index in [1.165, 1.54) is 0 Å². The van der Waals surface area contributed by atoms with Gasteiger partial charge in [-0.15, -0.1) is 0 Å². The van der Waals surface area contributed by atoms with Gasteiger partial charge in [-0.25, -0.2) is 0 Å². The van der Waals surface area contributed by atoms with Gasteiger partial charge in [-0.05, 0) is 19.3 Å². The molecule has 0 aromatic rings. The molecule has 0 heterocycles. The highest BCUT2D eigenvalue weighted by molar-refractivity contribution is 5.69. The number of hydrogen-bond acceptors (Lipinski definition) is 3. The zero-order chi connectivity index (χ0) is 10.1. The van der Waals surface area contributed by atoms with Crippen LogP contribution >= 0.6 is 0 Å². The number of esters is 1. The number of unbranched alkanes of at least 4 members (excludes halogenated alkanes) is 1. The lowest BCUT2D eigenvalue weighted by Crippen LogP contribution is -2.11. The van der Waals surface area contributed by atoms with Gasteiger partial charge >= 0.3 is 5.97 Å². The summed E-state index contributed by atoms with van der Waals surface area (Å²) in [6.45, 7) is 4.46. The molecule has 0 spiro atoms. The monoisotopic (exact) mass is 188 g/mol. The molecule has 0 aliphatic rings. The lowest BCUT2D eigenvalue weighted by molar-refractivity contribution is -0.144. The average Bonchev–Trinajstić information content (AvgIpc) is 2.14. The van der Waals surface area contributed by atoms with Gasteiger partial charge in [-0.2, -0.15) is 0 Å². The van der Waals surface area contributed by atoms with Gasteiger partial charge in [-0.1, -0.05) is 20.3 Å². The summed E-state index contributed by atoms with van der Waals surface area (Å²) in [7, 11) is 0. The minimum atomic E-state index is -0.362. The Morgan fingerprint density at radius 2 is 2.15 bits per heavy atom. The Hall–Kier alpha value is -0.570. The van der Waals surface area contributed by atoms with Gasteiger partial charge in [0, 0.05) is 6.42 Å². The fraction of sp³-hybridized carbons (Fsp3) is 0.900. The first-order chi connectivity index (χ1) is 6.20. The third-order valence-corrected chi connectivity index (χ3v) is 1.91. The molecule has 0 rings (SSSR count). The van der Waals surface area contributed by atoms with Crippen LogP contribution in [0.15, 0.2) is 0 Å². The summed E-state index contributed by atoms with van der Waals surface area (Å²) >= 11 is 0. The van der Waals surface area contributed by atoms with Gasteiger partial charge in [0.2, 0.25) is 0 Å². The largest absolute Gasteiger partial charge is 0.466 e. The summed E-state index contributed by atoms with van der Waals surface area (Å²) in [4.78, 5) is 11.0. The molecule has 0 saturated carbocycles. The first kappa shape index (κ1) is 12.4. The Morgan fingerprint density at radius 3 is 2.69 bits per heavy atom. The van der Waals surface area contributed by atoms with E-state index < -0.39 is 0 Å². The molecule has 0 aliphatic carbocycles. The lowest BCUT2D eigenvalue weighted by atomic mass is 10.1. The van der Waals surface area contributed by atoms with Crippen molar-refractivity contribution >= 4 is 5.97 Å². The molecule has 0 aromatic carbocycles. The minimum Gasteiger partial charge on any atom is -0.466 e. The molecule has 0 aromatic heterocycles. The molecule has 0 aliphatic heterocycles. The molecular weight excluding hydrogens is 168 g/mol. The summed E-state index contributed by atoms with van der Waals surface area (Å²) in [5.74, 6) is -0.194. The number of hydrogen-bond donors (Lipinski definition) is 1. The van der Waals surface area contributed by atoms with E-state index in [0.29, 0.717) is 25.9 Å². The number of aliphatic hydroxyl groups excluding tert-OH is 1. The van der Waals surface area contributed by atoms with Gasteiger partial charge in [0.25, 0.3) is 0 Å². The zero-order valence-electron chi connectivity index (χ0n) is 8.58. The number of carbonyl (C=O) groups is 1. The van der Waals surface area contributed by atoms with Gasteiger partial charge in [-0.3, -0.25) is 4.79 Å². The Morgan fingerprint density at radius 1 is 1.46 bits per heavy atom. The van der Waals surface area contributed by atoms with Crippen molar-refractivity contribution in [3.8, 4) is 0 Å². The predicted molar refractivity (Wildman–Crippen MR) is 51.4 cm³/mol. The molecule has 0 saturated heterocycles. The number of ether oxygens (including phenoxy) is 1. The molecule has 78 valence electrons. The minimum absolute atomic E-state index is 0.194. The molecule has 0 radical (unpaired) electrons. The molecule has 3 heteroatoms. The predicted octanol–water partition coefficient (Wildman–Crippen LogP) is 1.88. The SMILES string of the molecule is CCCCOC(=O)CCC(O)CC. The van der Waals surface area contributed by atoms with E-state index >= 15 is 0 Å². The van der Waals surface area contributed by atoms with Crippen LogP contribution in [-0.4, -0.2) is 23.8 Å². The van der Waals surface area contributed by atoms with Crippen molar-refractivity contribution in [2.24, 2.45) is 0 Å². The molecule has 3 nitrogen and oxygen atoms in total. The summed E-state index contributed by atoms with van der Waals surface area (Å²) in [6.07, 6.45) is 3.13. The van der Waals surface area contributed by atoms with Crippen molar-refractivity contribution in [3.63, 3.8) is 0 Å². The molecule has 13 heavy (non-hydrogen) atoms. The van der Waals surface area contributed by atoms with E-state index in [2.05, 4.69) is 6.92 Å². The van der Waals surface area contributed by atoms with E-state index in [-0.39, 0.29) is 12.1 Å². The molecule has 0 fully saturated rings. The third kappa shape index (κ3) is 7.78. The Kier molecular flexibility index (Phi) is 7.69. The van der Waals surface area contributed by atoms with Crippen LogP contribution in [0.3, 0.4) is 0 Å². The second kappa shape index (κ2) is 8.05. The maximum Gasteiger partial charge on any atom is 0.305 e. The van der Waals surface area contributed by atoms with Crippen LogP contribution in [0.5, 0.6) is 0 Å². The van der Waals surface area contributed by atoms with Crippen LogP contribution in [0.2, 0.25) is 0 Å². The Labute approximate surface area is 80.1 Å². The van der Waals surface area contributed by atoms with E-state index in [1.807, 2.05) is 6.92 Å². The topological polar surface area (TPSA) is 46.5 Å². The summed E-state index contributed by atoms with van der Waals surface area (Å²) in [6, 6.07) is 0. The van der Waals surface area contributed by atoms with E-state index in [1.54, 1.807) is 0 Å².